The maximum absolute atomic E-state index is 13.7. The molecule has 5 rings (SSSR count). The van der Waals surface area contributed by atoms with Gasteiger partial charge in [0.05, 0.1) is 15.7 Å². The van der Waals surface area contributed by atoms with Crippen LogP contribution in [-0.4, -0.2) is 99.1 Å². The van der Waals surface area contributed by atoms with E-state index in [0.717, 1.165) is 16.8 Å². The average molecular weight is 731 g/mol. The Kier molecular flexibility index (Phi) is 12.0. The molecular formula is C32H33Cl3F3N5O5. The summed E-state index contributed by atoms with van der Waals surface area (Å²) in [6.45, 7) is 3.73. The number of carboxylic acids is 1. The summed E-state index contributed by atoms with van der Waals surface area (Å²) in [5.74, 6) is -3.12. The number of aliphatic carboxylic acids is 1. The molecule has 0 spiro atoms. The smallest absolute Gasteiger partial charge is 0.475 e. The fraction of sp³-hybridized carbons (Fsp3) is 0.406. The number of carbonyl (C=O) groups is 4. The van der Waals surface area contributed by atoms with Crippen molar-refractivity contribution in [2.45, 2.75) is 44.3 Å². The number of hydrogen-bond acceptors (Lipinski definition) is 5. The lowest BCUT2D eigenvalue weighted by Gasteiger charge is -2.44. The number of likely N-dealkylation sites (N-methyl/N-ethyl adjacent to an activating group) is 1. The van der Waals surface area contributed by atoms with Gasteiger partial charge < -0.3 is 19.8 Å². The van der Waals surface area contributed by atoms with Crippen molar-refractivity contribution in [2.24, 2.45) is 5.92 Å². The lowest BCUT2D eigenvalue weighted by Crippen LogP contribution is -2.53. The van der Waals surface area contributed by atoms with E-state index in [-0.39, 0.29) is 35.6 Å². The number of carboxylic acid groups (broad SMARTS) is 1. The van der Waals surface area contributed by atoms with Gasteiger partial charge in [-0.25, -0.2) is 4.79 Å². The molecule has 0 saturated carbocycles. The van der Waals surface area contributed by atoms with Crippen molar-refractivity contribution >= 4 is 58.5 Å². The van der Waals surface area contributed by atoms with Crippen LogP contribution in [0.4, 0.5) is 13.2 Å². The molecule has 48 heavy (non-hydrogen) atoms. The Morgan fingerprint density at radius 2 is 1.52 bits per heavy atom. The lowest BCUT2D eigenvalue weighted by molar-refractivity contribution is -0.192. The van der Waals surface area contributed by atoms with E-state index in [9.17, 15) is 27.6 Å². The minimum Gasteiger partial charge on any atom is -0.475 e. The van der Waals surface area contributed by atoms with Crippen molar-refractivity contribution in [3.63, 3.8) is 0 Å². The summed E-state index contributed by atoms with van der Waals surface area (Å²) in [5, 5.41) is 15.9. The normalized spacial score (nSPS) is 18.5. The summed E-state index contributed by atoms with van der Waals surface area (Å²) in [5.41, 5.74) is 2.81. The average Bonchev–Trinajstić information content (AvgIpc) is 3.55. The molecule has 3 aromatic rings. The Morgan fingerprint density at radius 3 is 2.08 bits per heavy atom. The Balaban J connectivity index is 0.000000671. The van der Waals surface area contributed by atoms with Gasteiger partial charge in [0.25, 0.3) is 5.91 Å². The first-order chi connectivity index (χ1) is 22.6. The number of benzene rings is 2. The first kappa shape index (κ1) is 37.0. The number of hydrogen-bond donors (Lipinski definition) is 2. The van der Waals surface area contributed by atoms with E-state index in [0.29, 0.717) is 66.2 Å². The number of likely N-dealkylation sites (tertiary alicyclic amines) is 2. The largest absolute Gasteiger partial charge is 0.490 e. The van der Waals surface area contributed by atoms with Crippen LogP contribution in [0.25, 0.3) is 11.3 Å². The van der Waals surface area contributed by atoms with Crippen LogP contribution in [0.5, 0.6) is 0 Å². The second-order valence-corrected chi connectivity index (χ2v) is 12.8. The summed E-state index contributed by atoms with van der Waals surface area (Å²) >= 11 is 18.6. The molecule has 2 aliphatic heterocycles. The Morgan fingerprint density at radius 1 is 0.917 bits per heavy atom. The molecule has 2 atom stereocenters. The molecule has 16 heteroatoms. The number of amides is 3. The molecule has 10 nitrogen and oxygen atoms in total. The predicted molar refractivity (Wildman–Crippen MR) is 174 cm³/mol. The summed E-state index contributed by atoms with van der Waals surface area (Å²) in [6.07, 6.45) is -3.17. The molecule has 0 bridgehead atoms. The molecule has 3 heterocycles. The van der Waals surface area contributed by atoms with Gasteiger partial charge in [0.1, 0.15) is 0 Å². The lowest BCUT2D eigenvalue weighted by atomic mass is 9.84. The monoisotopic (exact) mass is 729 g/mol. The van der Waals surface area contributed by atoms with E-state index in [1.54, 1.807) is 48.0 Å². The number of nitrogens with one attached hydrogen (secondary N) is 1. The zero-order valence-electron chi connectivity index (χ0n) is 25.9. The Labute approximate surface area is 289 Å². The van der Waals surface area contributed by atoms with Gasteiger partial charge in [-0.2, -0.15) is 18.3 Å². The van der Waals surface area contributed by atoms with Crippen LogP contribution in [-0.2, 0) is 14.4 Å². The molecule has 3 amide bonds. The second-order valence-electron chi connectivity index (χ2n) is 11.6. The number of alkyl halides is 3. The van der Waals surface area contributed by atoms with Crippen LogP contribution < -0.4 is 0 Å². The zero-order valence-corrected chi connectivity index (χ0v) is 28.2. The molecular weight excluding hydrogens is 698 g/mol. The van der Waals surface area contributed by atoms with Gasteiger partial charge in [-0.15, -0.1) is 0 Å². The zero-order chi connectivity index (χ0) is 35.3. The van der Waals surface area contributed by atoms with Gasteiger partial charge in [-0.05, 0) is 60.7 Å². The first-order valence-electron chi connectivity index (χ1n) is 14.9. The predicted octanol–water partition coefficient (Wildman–Crippen LogP) is 6.39. The van der Waals surface area contributed by atoms with Gasteiger partial charge in [0.15, 0.2) is 5.69 Å². The quantitative estimate of drug-likeness (QED) is 0.314. The van der Waals surface area contributed by atoms with Gasteiger partial charge in [-0.1, -0.05) is 53.0 Å². The third kappa shape index (κ3) is 9.00. The van der Waals surface area contributed by atoms with Crippen LogP contribution in [0.15, 0.2) is 48.5 Å². The minimum atomic E-state index is -5.08. The van der Waals surface area contributed by atoms with E-state index in [1.807, 2.05) is 29.2 Å². The standard InChI is InChI=1S/C30H32Cl3N5O3.C2HF3O2/c1-18(39)37-12-9-20(10-13-37)29(40)38-14-11-28(23(17-38)21-5-8-24(32)25(33)15-21)36(2)30(41)27-16-26(34-35-27)19-3-6-22(31)7-4-19;3-2(4,5)1(6)7/h3-8,15-16,20,23,28H,9-14,17H2,1-2H3,(H,34,35);(H,6,7). The summed E-state index contributed by atoms with van der Waals surface area (Å²) in [4.78, 5) is 53.3. The number of aromatic nitrogens is 2. The van der Waals surface area contributed by atoms with Crippen molar-refractivity contribution in [1.29, 1.82) is 0 Å². The van der Waals surface area contributed by atoms with E-state index < -0.39 is 12.1 Å². The third-order valence-corrected chi connectivity index (χ3v) is 9.55. The van der Waals surface area contributed by atoms with Gasteiger partial charge >= 0.3 is 12.1 Å². The SMILES string of the molecule is CC(=O)N1CCC(C(=O)N2CCC(N(C)C(=O)c3cc(-c4ccc(Cl)cc4)[nH]n3)C(c3ccc(Cl)c(Cl)c3)C2)CC1.O=C(O)C(F)(F)F. The topological polar surface area (TPSA) is 127 Å². The van der Waals surface area contributed by atoms with E-state index in [1.165, 1.54) is 0 Å². The molecule has 0 radical (unpaired) electrons. The molecule has 2 fully saturated rings. The molecule has 2 unspecified atom stereocenters. The van der Waals surface area contributed by atoms with Gasteiger partial charge in [0, 0.05) is 63.1 Å². The second kappa shape index (κ2) is 15.6. The Hall–Kier alpha value is -3.81. The van der Waals surface area contributed by atoms with Crippen LogP contribution in [0.3, 0.4) is 0 Å². The number of aromatic amines is 1. The van der Waals surface area contributed by atoms with Crippen molar-refractivity contribution < 1.29 is 37.5 Å². The number of halogens is 6. The van der Waals surface area contributed by atoms with Crippen molar-refractivity contribution in [1.82, 2.24) is 24.9 Å². The van der Waals surface area contributed by atoms with Gasteiger partial charge in [-0.3, -0.25) is 19.5 Å². The van der Waals surface area contributed by atoms with Crippen LogP contribution in [0, 0.1) is 5.92 Å². The van der Waals surface area contributed by atoms with Crippen molar-refractivity contribution in [2.75, 3.05) is 33.2 Å². The number of carbonyl (C=O) groups excluding carboxylic acids is 3. The van der Waals surface area contributed by atoms with Crippen LogP contribution >= 0.6 is 34.8 Å². The number of piperidine rings is 2. The fourth-order valence-corrected chi connectivity index (χ4v) is 6.35. The summed E-state index contributed by atoms with van der Waals surface area (Å²) in [6, 6.07) is 14.3. The minimum absolute atomic E-state index is 0.0429. The number of H-pyrrole nitrogens is 1. The van der Waals surface area contributed by atoms with Crippen LogP contribution in [0.1, 0.15) is 48.2 Å². The molecule has 2 N–H and O–H groups in total. The summed E-state index contributed by atoms with van der Waals surface area (Å²) < 4.78 is 31.7. The highest BCUT2D eigenvalue weighted by Crippen LogP contribution is 2.36. The number of rotatable bonds is 5. The fourth-order valence-electron chi connectivity index (χ4n) is 5.91. The molecule has 1 aromatic heterocycles. The van der Waals surface area contributed by atoms with Crippen LogP contribution in [0.2, 0.25) is 15.1 Å². The highest BCUT2D eigenvalue weighted by Gasteiger charge is 2.40. The summed E-state index contributed by atoms with van der Waals surface area (Å²) in [7, 11) is 1.78. The maximum Gasteiger partial charge on any atom is 0.490 e. The van der Waals surface area contributed by atoms with E-state index >= 15 is 0 Å². The van der Waals surface area contributed by atoms with Crippen molar-refractivity contribution in [3.05, 3.63) is 74.9 Å². The highest BCUT2D eigenvalue weighted by atomic mass is 35.5. The van der Waals surface area contributed by atoms with Crippen molar-refractivity contribution in [3.8, 4) is 11.3 Å². The Bertz CT molecular complexity index is 1640. The number of nitrogens with zero attached hydrogens (tertiary/aromatic N) is 4. The maximum atomic E-state index is 13.7. The van der Waals surface area contributed by atoms with E-state index in [4.69, 9.17) is 44.7 Å². The molecule has 2 aromatic carbocycles. The molecule has 0 aliphatic carbocycles. The molecule has 258 valence electrons. The first-order valence-corrected chi connectivity index (χ1v) is 16.1. The van der Waals surface area contributed by atoms with Gasteiger partial charge in [0.2, 0.25) is 11.8 Å². The highest BCUT2D eigenvalue weighted by molar-refractivity contribution is 6.42. The molecule has 2 aliphatic rings. The third-order valence-electron chi connectivity index (χ3n) is 8.56. The van der Waals surface area contributed by atoms with E-state index in [2.05, 4.69) is 10.2 Å². The molecule has 2 saturated heterocycles.